The van der Waals surface area contributed by atoms with Crippen molar-refractivity contribution in [3.8, 4) is 77.9 Å². The van der Waals surface area contributed by atoms with Crippen LogP contribution in [0.1, 0.15) is 0 Å². The summed E-state index contributed by atoms with van der Waals surface area (Å²) in [5, 5.41) is 15.6. The van der Waals surface area contributed by atoms with Crippen molar-refractivity contribution < 1.29 is 0 Å². The van der Waals surface area contributed by atoms with Crippen LogP contribution in [-0.4, -0.2) is 0 Å². The Morgan fingerprint density at radius 3 is 0.662 bits per heavy atom. The van der Waals surface area contributed by atoms with Gasteiger partial charge in [-0.2, -0.15) is 0 Å². The van der Waals surface area contributed by atoms with E-state index in [4.69, 9.17) is 0 Å². The predicted octanol–water partition coefficient (Wildman–Crippen LogP) is 19.2. The van der Waals surface area contributed by atoms with Gasteiger partial charge in [-0.1, -0.05) is 237 Å². The lowest BCUT2D eigenvalue weighted by molar-refractivity contribution is 1.56. The number of benzene rings is 14. The highest BCUT2D eigenvalue weighted by molar-refractivity contribution is 6.29. The molecule has 0 radical (unpaired) electrons. The molecule has 0 saturated heterocycles. The highest BCUT2D eigenvalue weighted by atomic mass is 14.2. The number of rotatable bonds is 7. The molecular weight excluding hydrogens is 817 g/mol. The average Bonchev–Trinajstić information content (AvgIpc) is 3.42. The molecule has 0 saturated carbocycles. The number of hydrogen-bond acceptors (Lipinski definition) is 0. The van der Waals surface area contributed by atoms with Gasteiger partial charge in [0.25, 0.3) is 0 Å². The average molecular weight is 859 g/mol. The molecule has 0 bridgehead atoms. The molecular formula is C68H42. The highest BCUT2D eigenvalue weighted by Gasteiger charge is 2.18. The van der Waals surface area contributed by atoms with Crippen LogP contribution in [0.3, 0.4) is 0 Å². The van der Waals surface area contributed by atoms with E-state index in [1.807, 2.05) is 0 Å². The fourth-order valence-corrected chi connectivity index (χ4v) is 11.3. The molecule has 314 valence electrons. The lowest BCUT2D eigenvalue weighted by Gasteiger charge is -2.17. The van der Waals surface area contributed by atoms with Crippen molar-refractivity contribution in [1.29, 1.82) is 0 Å². The lowest BCUT2D eigenvalue weighted by atomic mass is 9.86. The largest absolute Gasteiger partial charge is 0.0622 e. The molecule has 0 unspecified atom stereocenters. The summed E-state index contributed by atoms with van der Waals surface area (Å²) in [6, 6.07) is 94.5. The van der Waals surface area contributed by atoms with E-state index in [9.17, 15) is 0 Å². The fraction of sp³-hybridized carbons (Fsp3) is 0. The molecule has 0 aliphatic carbocycles. The summed E-state index contributed by atoms with van der Waals surface area (Å²) < 4.78 is 0. The predicted molar refractivity (Wildman–Crippen MR) is 292 cm³/mol. The highest BCUT2D eigenvalue weighted by Crippen LogP contribution is 2.45. The van der Waals surface area contributed by atoms with E-state index in [0.717, 1.165) is 0 Å². The quantitative estimate of drug-likeness (QED) is 0.140. The summed E-state index contributed by atoms with van der Waals surface area (Å²) in [6.07, 6.45) is 0. The Labute approximate surface area is 395 Å². The molecule has 14 aromatic carbocycles. The van der Waals surface area contributed by atoms with Gasteiger partial charge in [0.05, 0.1) is 0 Å². The molecule has 14 aromatic rings. The van der Waals surface area contributed by atoms with Gasteiger partial charge in [0.2, 0.25) is 0 Å². The third kappa shape index (κ3) is 6.15. The van der Waals surface area contributed by atoms with Crippen molar-refractivity contribution in [2.45, 2.75) is 0 Å². The van der Waals surface area contributed by atoms with Crippen molar-refractivity contribution in [2.75, 3.05) is 0 Å². The minimum atomic E-state index is 1.19. The van der Waals surface area contributed by atoms with Crippen LogP contribution in [-0.2, 0) is 0 Å². The van der Waals surface area contributed by atoms with Crippen molar-refractivity contribution in [3.63, 3.8) is 0 Å². The van der Waals surface area contributed by atoms with Gasteiger partial charge in [0.15, 0.2) is 0 Å². The van der Waals surface area contributed by atoms with Crippen molar-refractivity contribution in [3.05, 3.63) is 255 Å². The summed E-state index contributed by atoms with van der Waals surface area (Å²) in [6.45, 7) is 0. The van der Waals surface area contributed by atoms with Gasteiger partial charge in [-0.05, 0) is 161 Å². The Hall–Kier alpha value is -8.84. The molecule has 68 heavy (non-hydrogen) atoms. The fourth-order valence-electron chi connectivity index (χ4n) is 11.3. The topological polar surface area (TPSA) is 0 Å². The van der Waals surface area contributed by atoms with Gasteiger partial charge in [0.1, 0.15) is 0 Å². The normalized spacial score (nSPS) is 11.8. The van der Waals surface area contributed by atoms with Gasteiger partial charge in [-0.15, -0.1) is 0 Å². The monoisotopic (exact) mass is 858 g/mol. The van der Waals surface area contributed by atoms with Crippen LogP contribution < -0.4 is 0 Å². The van der Waals surface area contributed by atoms with Gasteiger partial charge < -0.3 is 0 Å². The Morgan fingerprint density at radius 2 is 0.368 bits per heavy atom. The third-order valence-electron chi connectivity index (χ3n) is 14.6. The van der Waals surface area contributed by atoms with E-state index in [2.05, 4.69) is 255 Å². The minimum absolute atomic E-state index is 1.19. The van der Waals surface area contributed by atoms with Gasteiger partial charge in [-0.3, -0.25) is 0 Å². The molecule has 0 fully saturated rings. The summed E-state index contributed by atoms with van der Waals surface area (Å²) in [4.78, 5) is 0. The molecule has 0 nitrogen and oxygen atoms in total. The smallest absolute Gasteiger partial charge is 0.00203 e. The molecule has 0 atom stereocenters. The molecule has 0 aliphatic heterocycles. The SMILES string of the molecule is c1ccc(-c2cc(-c3ccc(-c4ccc5ccc6c(-c7ccccc7)ccc7ccc4c5c76)cc3)cc(-c3ccc(-c4ccc5ccc6c(-c7ccccc7)ccc7ccc4c5c76)cc3)c2)cc1. The summed E-state index contributed by atoms with van der Waals surface area (Å²) in [5.74, 6) is 0. The summed E-state index contributed by atoms with van der Waals surface area (Å²) >= 11 is 0. The molecule has 0 heteroatoms. The summed E-state index contributed by atoms with van der Waals surface area (Å²) in [5.41, 5.74) is 17.2. The zero-order valence-electron chi connectivity index (χ0n) is 37.2. The van der Waals surface area contributed by atoms with Crippen LogP contribution >= 0.6 is 0 Å². The first-order valence-electron chi connectivity index (χ1n) is 23.6. The zero-order chi connectivity index (χ0) is 44.7. The van der Waals surface area contributed by atoms with Crippen LogP contribution in [0, 0.1) is 0 Å². The molecule has 14 rings (SSSR count). The molecule has 0 aliphatic rings. The van der Waals surface area contributed by atoms with E-state index < -0.39 is 0 Å². The second kappa shape index (κ2) is 15.4. The second-order valence-electron chi connectivity index (χ2n) is 18.3. The van der Waals surface area contributed by atoms with E-state index in [-0.39, 0.29) is 0 Å². The van der Waals surface area contributed by atoms with E-state index in [1.54, 1.807) is 0 Å². The Bertz CT molecular complexity index is 3930. The second-order valence-corrected chi connectivity index (χ2v) is 18.3. The number of hydrogen-bond donors (Lipinski definition) is 0. The van der Waals surface area contributed by atoms with Gasteiger partial charge >= 0.3 is 0 Å². The summed E-state index contributed by atoms with van der Waals surface area (Å²) in [7, 11) is 0. The van der Waals surface area contributed by atoms with E-state index in [1.165, 1.54) is 143 Å². The molecule has 0 aromatic heterocycles. The van der Waals surface area contributed by atoms with Crippen LogP contribution in [0.2, 0.25) is 0 Å². The first kappa shape index (κ1) is 38.4. The van der Waals surface area contributed by atoms with E-state index in [0.29, 0.717) is 0 Å². The third-order valence-corrected chi connectivity index (χ3v) is 14.6. The maximum atomic E-state index is 2.36. The van der Waals surface area contributed by atoms with Crippen LogP contribution in [0.4, 0.5) is 0 Å². The first-order valence-corrected chi connectivity index (χ1v) is 23.6. The van der Waals surface area contributed by atoms with Crippen molar-refractivity contribution >= 4 is 64.6 Å². The molecule has 0 heterocycles. The van der Waals surface area contributed by atoms with Crippen molar-refractivity contribution in [2.24, 2.45) is 0 Å². The zero-order valence-corrected chi connectivity index (χ0v) is 37.2. The van der Waals surface area contributed by atoms with Gasteiger partial charge in [0, 0.05) is 0 Å². The first-order chi connectivity index (χ1) is 33.7. The van der Waals surface area contributed by atoms with Crippen LogP contribution in [0.15, 0.2) is 255 Å². The van der Waals surface area contributed by atoms with Crippen molar-refractivity contribution in [1.82, 2.24) is 0 Å². The minimum Gasteiger partial charge on any atom is -0.0622 e. The van der Waals surface area contributed by atoms with E-state index >= 15 is 0 Å². The Balaban J connectivity index is 0.839. The van der Waals surface area contributed by atoms with Gasteiger partial charge in [-0.25, -0.2) is 0 Å². The molecule has 0 amide bonds. The molecule has 0 spiro atoms. The maximum absolute atomic E-state index is 2.36. The molecule has 0 N–H and O–H groups in total. The Morgan fingerprint density at radius 1 is 0.147 bits per heavy atom. The standard InChI is InChI=1S/C68H42/c1-4-10-43(11-5-1)54-40-55(44-16-20-48(21-17-44)59-34-26-52-28-36-61-57(46-12-6-2-7-13-46)32-24-50-30-38-63(59)67(52)65(50)61)42-56(41-54)45-18-22-49(23-19-45)60-35-27-53-29-37-62-58(47-14-8-3-9-15-47)33-25-51-31-39-64(60)68(53)66(51)62/h1-42H. The van der Waals surface area contributed by atoms with Crippen LogP contribution in [0.5, 0.6) is 0 Å². The lowest BCUT2D eigenvalue weighted by Crippen LogP contribution is -1.90. The Kier molecular flexibility index (Phi) is 8.69. The van der Waals surface area contributed by atoms with Crippen LogP contribution in [0.25, 0.3) is 143 Å². The maximum Gasteiger partial charge on any atom is -0.00203 e.